The van der Waals surface area contributed by atoms with Crippen molar-refractivity contribution in [2.24, 2.45) is 5.73 Å². The number of nitrogens with two attached hydrogens (primary N) is 1. The van der Waals surface area contributed by atoms with E-state index in [0.717, 1.165) is 5.56 Å². The molecule has 0 radical (unpaired) electrons. The first-order valence-electron chi connectivity index (χ1n) is 5.88. The SMILES string of the molecule is NCC(=O)C1(NC(=O)OCc2ccccc2)CC1. The summed E-state index contributed by atoms with van der Waals surface area (Å²) in [5.41, 5.74) is 5.44. The number of alkyl carbamates (subject to hydrolysis) is 1. The summed E-state index contributed by atoms with van der Waals surface area (Å²) in [5.74, 6) is -0.140. The molecule has 1 saturated carbocycles. The lowest BCUT2D eigenvalue weighted by atomic mass is 10.1. The maximum absolute atomic E-state index is 11.6. The smallest absolute Gasteiger partial charge is 0.408 e. The fourth-order valence-corrected chi connectivity index (χ4v) is 1.75. The van der Waals surface area contributed by atoms with Crippen LogP contribution in [0.2, 0.25) is 0 Å². The predicted octanol–water partition coefficient (Wildman–Crippen LogP) is 0.973. The van der Waals surface area contributed by atoms with Crippen LogP contribution in [-0.4, -0.2) is 24.0 Å². The van der Waals surface area contributed by atoms with Crippen molar-refractivity contribution < 1.29 is 14.3 Å². The summed E-state index contributed by atoms with van der Waals surface area (Å²) in [4.78, 5) is 23.1. The maximum Gasteiger partial charge on any atom is 0.408 e. The lowest BCUT2D eigenvalue weighted by Crippen LogP contribution is -2.45. The molecule has 1 amide bonds. The number of hydrogen-bond donors (Lipinski definition) is 2. The summed E-state index contributed by atoms with van der Waals surface area (Å²) in [6, 6.07) is 9.37. The van der Waals surface area contributed by atoms with Crippen molar-refractivity contribution in [1.82, 2.24) is 5.32 Å². The summed E-state index contributed by atoms with van der Waals surface area (Å²) in [5, 5.41) is 2.60. The Morgan fingerprint density at radius 3 is 2.50 bits per heavy atom. The zero-order valence-corrected chi connectivity index (χ0v) is 10.0. The molecule has 0 saturated heterocycles. The number of ketones is 1. The van der Waals surface area contributed by atoms with Crippen molar-refractivity contribution in [3.63, 3.8) is 0 Å². The highest BCUT2D eigenvalue weighted by Gasteiger charge is 2.50. The maximum atomic E-state index is 11.6. The number of rotatable bonds is 5. The molecule has 0 aliphatic heterocycles. The van der Waals surface area contributed by atoms with E-state index in [-0.39, 0.29) is 18.9 Å². The van der Waals surface area contributed by atoms with Crippen molar-refractivity contribution >= 4 is 11.9 Å². The van der Waals surface area contributed by atoms with E-state index < -0.39 is 11.6 Å². The molecular weight excluding hydrogens is 232 g/mol. The second-order valence-electron chi connectivity index (χ2n) is 4.40. The Morgan fingerprint density at radius 2 is 1.94 bits per heavy atom. The van der Waals surface area contributed by atoms with E-state index in [2.05, 4.69) is 5.32 Å². The van der Waals surface area contributed by atoms with Gasteiger partial charge in [0.1, 0.15) is 12.1 Å². The van der Waals surface area contributed by atoms with Crippen molar-refractivity contribution in [3.05, 3.63) is 35.9 Å². The molecular formula is C13H16N2O3. The number of hydrogen-bond acceptors (Lipinski definition) is 4. The minimum atomic E-state index is -0.761. The molecule has 2 rings (SSSR count). The van der Waals surface area contributed by atoms with Gasteiger partial charge in [0, 0.05) is 0 Å². The van der Waals surface area contributed by atoms with Crippen LogP contribution in [0.1, 0.15) is 18.4 Å². The first-order chi connectivity index (χ1) is 8.66. The van der Waals surface area contributed by atoms with E-state index in [1.807, 2.05) is 30.3 Å². The summed E-state index contributed by atoms with van der Waals surface area (Å²) in [7, 11) is 0. The average molecular weight is 248 g/mol. The molecule has 5 nitrogen and oxygen atoms in total. The molecule has 1 aliphatic rings. The number of carbonyl (C=O) groups excluding carboxylic acids is 2. The molecule has 1 aromatic carbocycles. The topological polar surface area (TPSA) is 81.4 Å². The monoisotopic (exact) mass is 248 g/mol. The molecule has 5 heteroatoms. The molecule has 18 heavy (non-hydrogen) atoms. The highest BCUT2D eigenvalue weighted by Crippen LogP contribution is 2.36. The van der Waals surface area contributed by atoms with Gasteiger partial charge >= 0.3 is 6.09 Å². The zero-order chi connectivity index (χ0) is 13.0. The predicted molar refractivity (Wildman–Crippen MR) is 65.8 cm³/mol. The van der Waals surface area contributed by atoms with Gasteiger partial charge in [0.25, 0.3) is 0 Å². The third-order valence-electron chi connectivity index (χ3n) is 3.02. The first-order valence-corrected chi connectivity index (χ1v) is 5.88. The highest BCUT2D eigenvalue weighted by molar-refractivity contribution is 5.95. The Labute approximate surface area is 105 Å². The van der Waals surface area contributed by atoms with Crippen LogP contribution in [-0.2, 0) is 16.1 Å². The third kappa shape index (κ3) is 2.87. The van der Waals surface area contributed by atoms with Crippen LogP contribution in [0, 0.1) is 0 Å². The second-order valence-corrected chi connectivity index (χ2v) is 4.40. The second kappa shape index (κ2) is 5.18. The Hall–Kier alpha value is -1.88. The molecule has 0 atom stereocenters. The fraction of sp³-hybridized carbons (Fsp3) is 0.385. The van der Waals surface area contributed by atoms with Gasteiger partial charge in [0.05, 0.1) is 6.54 Å². The normalized spacial score (nSPS) is 15.8. The van der Waals surface area contributed by atoms with E-state index in [4.69, 9.17) is 10.5 Å². The van der Waals surface area contributed by atoms with Gasteiger partial charge in [-0.05, 0) is 18.4 Å². The first kappa shape index (κ1) is 12.6. The Balaban J connectivity index is 1.81. The fourth-order valence-electron chi connectivity index (χ4n) is 1.75. The van der Waals surface area contributed by atoms with Gasteiger partial charge in [-0.15, -0.1) is 0 Å². The summed E-state index contributed by atoms with van der Waals surface area (Å²) < 4.78 is 5.06. The number of Topliss-reactive ketones (excluding diaryl/α,β-unsaturated/α-hetero) is 1. The van der Waals surface area contributed by atoms with E-state index in [1.54, 1.807) is 0 Å². The van der Waals surface area contributed by atoms with Gasteiger partial charge in [-0.3, -0.25) is 4.79 Å². The quantitative estimate of drug-likeness (QED) is 0.813. The minimum absolute atomic E-state index is 0.0566. The number of nitrogens with one attached hydrogen (secondary N) is 1. The summed E-state index contributed by atoms with van der Waals surface area (Å²) in [6.07, 6.45) is 0.714. The Bertz CT molecular complexity index is 441. The van der Waals surface area contributed by atoms with Crippen LogP contribution in [0.5, 0.6) is 0 Å². The van der Waals surface area contributed by atoms with Crippen molar-refractivity contribution in [3.8, 4) is 0 Å². The molecule has 1 aliphatic carbocycles. The van der Waals surface area contributed by atoms with E-state index in [0.29, 0.717) is 12.8 Å². The van der Waals surface area contributed by atoms with Gasteiger partial charge < -0.3 is 15.8 Å². The standard InChI is InChI=1S/C13H16N2O3/c14-8-11(16)13(6-7-13)15-12(17)18-9-10-4-2-1-3-5-10/h1-5H,6-9,14H2,(H,15,17). The van der Waals surface area contributed by atoms with E-state index in [9.17, 15) is 9.59 Å². The third-order valence-corrected chi connectivity index (χ3v) is 3.02. The van der Waals surface area contributed by atoms with Gasteiger partial charge in [0.2, 0.25) is 0 Å². The minimum Gasteiger partial charge on any atom is -0.445 e. The van der Waals surface area contributed by atoms with Gasteiger partial charge in [-0.1, -0.05) is 30.3 Å². The molecule has 0 aromatic heterocycles. The van der Waals surface area contributed by atoms with Crippen molar-refractivity contribution in [2.75, 3.05) is 6.54 Å². The molecule has 0 unspecified atom stereocenters. The van der Waals surface area contributed by atoms with Crippen LogP contribution in [0.15, 0.2) is 30.3 Å². The van der Waals surface area contributed by atoms with Crippen molar-refractivity contribution in [2.45, 2.75) is 25.0 Å². The molecule has 0 bridgehead atoms. The lowest BCUT2D eigenvalue weighted by Gasteiger charge is -2.15. The summed E-state index contributed by atoms with van der Waals surface area (Å²) >= 11 is 0. The molecule has 1 aromatic rings. The largest absolute Gasteiger partial charge is 0.445 e. The molecule has 3 N–H and O–H groups in total. The van der Waals surface area contributed by atoms with Crippen LogP contribution in [0.4, 0.5) is 4.79 Å². The van der Waals surface area contributed by atoms with Crippen LogP contribution >= 0.6 is 0 Å². The summed E-state index contributed by atoms with van der Waals surface area (Å²) in [6.45, 7) is 0.137. The van der Waals surface area contributed by atoms with E-state index >= 15 is 0 Å². The van der Waals surface area contributed by atoms with Gasteiger partial charge in [0.15, 0.2) is 5.78 Å². The Morgan fingerprint density at radius 1 is 1.28 bits per heavy atom. The van der Waals surface area contributed by atoms with Crippen molar-refractivity contribution in [1.29, 1.82) is 0 Å². The van der Waals surface area contributed by atoms with Gasteiger partial charge in [-0.2, -0.15) is 0 Å². The van der Waals surface area contributed by atoms with Gasteiger partial charge in [-0.25, -0.2) is 4.79 Å². The molecule has 96 valence electrons. The number of carbonyl (C=O) groups is 2. The van der Waals surface area contributed by atoms with E-state index in [1.165, 1.54) is 0 Å². The number of benzene rings is 1. The lowest BCUT2D eigenvalue weighted by molar-refractivity contribution is -0.120. The zero-order valence-electron chi connectivity index (χ0n) is 10.0. The number of amides is 1. The number of ether oxygens (including phenoxy) is 1. The van der Waals surface area contributed by atoms with Crippen LogP contribution in [0.25, 0.3) is 0 Å². The highest BCUT2D eigenvalue weighted by atomic mass is 16.5. The average Bonchev–Trinajstić information content (AvgIpc) is 3.17. The van der Waals surface area contributed by atoms with Crippen LogP contribution < -0.4 is 11.1 Å². The molecule has 1 fully saturated rings. The molecule has 0 heterocycles. The van der Waals surface area contributed by atoms with Crippen LogP contribution in [0.3, 0.4) is 0 Å². The Kier molecular flexibility index (Phi) is 3.62. The molecule has 0 spiro atoms.